The number of amides is 2. The molecule has 0 saturated carbocycles. The van der Waals surface area contributed by atoms with Gasteiger partial charge in [0.25, 0.3) is 0 Å². The van der Waals surface area contributed by atoms with Crippen LogP contribution in [0.1, 0.15) is 76.8 Å². The van der Waals surface area contributed by atoms with Gasteiger partial charge in [0.2, 0.25) is 0 Å². The molecule has 2 amide bonds. The number of alkyl carbamates (subject to hydrolysis) is 1. The Bertz CT molecular complexity index is 1480. The van der Waals surface area contributed by atoms with Gasteiger partial charge in [-0.25, -0.2) is 19.2 Å². The molecule has 1 N–H and O–H groups in total. The molecule has 1 fully saturated rings. The largest absolute Gasteiger partial charge is 0.458 e. The third-order valence-electron chi connectivity index (χ3n) is 6.96. The Morgan fingerprint density at radius 3 is 1.85 bits per heavy atom. The fourth-order valence-corrected chi connectivity index (χ4v) is 5.10. The topological polar surface area (TPSA) is 120 Å². The first-order chi connectivity index (χ1) is 21.7. The van der Waals surface area contributed by atoms with E-state index in [4.69, 9.17) is 18.9 Å². The van der Waals surface area contributed by atoms with Crippen LogP contribution in [0, 0.1) is 0 Å². The minimum atomic E-state index is -1.37. The first-order valence-corrected chi connectivity index (χ1v) is 15.2. The van der Waals surface area contributed by atoms with Crippen molar-refractivity contribution in [3.63, 3.8) is 0 Å². The molecule has 46 heavy (non-hydrogen) atoms. The molecule has 1 aliphatic heterocycles. The zero-order valence-electron chi connectivity index (χ0n) is 27.1. The number of nitrogens with zero attached hydrogens (tertiary/aromatic N) is 1. The quantitative estimate of drug-likeness (QED) is 0.217. The predicted molar refractivity (Wildman–Crippen MR) is 170 cm³/mol. The van der Waals surface area contributed by atoms with Gasteiger partial charge in [-0.3, -0.25) is 4.90 Å². The van der Waals surface area contributed by atoms with Crippen molar-refractivity contribution in [1.29, 1.82) is 0 Å². The van der Waals surface area contributed by atoms with E-state index in [-0.39, 0.29) is 13.0 Å². The van der Waals surface area contributed by atoms with E-state index in [2.05, 4.69) is 5.32 Å². The third kappa shape index (κ3) is 9.32. The van der Waals surface area contributed by atoms with Crippen LogP contribution < -0.4 is 5.32 Å². The molecule has 244 valence electrons. The van der Waals surface area contributed by atoms with Crippen molar-refractivity contribution in [1.82, 2.24) is 10.2 Å². The van der Waals surface area contributed by atoms with E-state index in [1.54, 1.807) is 41.5 Å². The third-order valence-corrected chi connectivity index (χ3v) is 6.96. The summed E-state index contributed by atoms with van der Waals surface area (Å²) in [6, 6.07) is 23.9. The van der Waals surface area contributed by atoms with Crippen LogP contribution in [0.25, 0.3) is 0 Å². The van der Waals surface area contributed by atoms with Gasteiger partial charge in [-0.05, 0) is 58.2 Å². The van der Waals surface area contributed by atoms with E-state index >= 15 is 0 Å². The lowest BCUT2D eigenvalue weighted by molar-refractivity contribution is -0.175. The van der Waals surface area contributed by atoms with Crippen molar-refractivity contribution < 1.29 is 38.1 Å². The van der Waals surface area contributed by atoms with E-state index in [1.807, 2.05) is 91.0 Å². The molecule has 4 rings (SSSR count). The van der Waals surface area contributed by atoms with E-state index in [0.29, 0.717) is 11.1 Å². The summed E-state index contributed by atoms with van der Waals surface area (Å²) in [6.07, 6.45) is -2.93. The molecule has 0 aliphatic carbocycles. The van der Waals surface area contributed by atoms with E-state index in [9.17, 15) is 19.2 Å². The Balaban J connectivity index is 1.77. The number of carbonyl (C=O) groups is 4. The van der Waals surface area contributed by atoms with Gasteiger partial charge in [0.15, 0.2) is 6.10 Å². The van der Waals surface area contributed by atoms with Gasteiger partial charge in [0.05, 0.1) is 0 Å². The molecule has 3 aromatic carbocycles. The molecular weight excluding hydrogens is 588 g/mol. The second-order valence-corrected chi connectivity index (χ2v) is 13.1. The van der Waals surface area contributed by atoms with Gasteiger partial charge >= 0.3 is 24.1 Å². The highest BCUT2D eigenvalue weighted by Crippen LogP contribution is 2.43. The van der Waals surface area contributed by atoms with Crippen LogP contribution in [0.5, 0.6) is 0 Å². The number of hydrogen-bond donors (Lipinski definition) is 1. The smallest absolute Gasteiger partial charge is 0.411 e. The number of rotatable bonds is 8. The van der Waals surface area contributed by atoms with Gasteiger partial charge in [0.1, 0.15) is 35.9 Å². The lowest BCUT2D eigenvalue weighted by Crippen LogP contribution is -2.58. The van der Waals surface area contributed by atoms with Crippen LogP contribution in [0.15, 0.2) is 91.0 Å². The van der Waals surface area contributed by atoms with Crippen molar-refractivity contribution in [3.05, 3.63) is 108 Å². The molecule has 10 nitrogen and oxygen atoms in total. The van der Waals surface area contributed by atoms with Crippen LogP contribution in [0.2, 0.25) is 0 Å². The Kier molecular flexibility index (Phi) is 10.7. The van der Waals surface area contributed by atoms with Crippen LogP contribution >= 0.6 is 0 Å². The van der Waals surface area contributed by atoms with Crippen LogP contribution in [-0.2, 0) is 35.1 Å². The number of benzene rings is 3. The number of esters is 2. The minimum absolute atomic E-state index is 0.0545. The highest BCUT2D eigenvalue weighted by molar-refractivity contribution is 5.86. The van der Waals surface area contributed by atoms with E-state index in [1.165, 1.54) is 4.90 Å². The highest BCUT2D eigenvalue weighted by Gasteiger charge is 2.50. The summed E-state index contributed by atoms with van der Waals surface area (Å²) in [5.74, 6) is -1.57. The molecule has 3 aromatic rings. The lowest BCUT2D eigenvalue weighted by Gasteiger charge is -2.45. The van der Waals surface area contributed by atoms with Gasteiger partial charge < -0.3 is 24.3 Å². The maximum Gasteiger partial charge on any atom is 0.411 e. The maximum atomic E-state index is 14.1. The zero-order valence-corrected chi connectivity index (χ0v) is 27.1. The molecule has 0 bridgehead atoms. The van der Waals surface area contributed by atoms with E-state index < -0.39 is 59.6 Å². The Morgan fingerprint density at radius 2 is 1.30 bits per heavy atom. The molecule has 1 heterocycles. The van der Waals surface area contributed by atoms with Crippen molar-refractivity contribution in [2.24, 2.45) is 0 Å². The standard InChI is InChI=1S/C36H42N2O8/c1-35(2,3)45-31(39)27(37-33(41)46-36(4,5)6)22-28-32(40)44-30(26-20-14-9-15-21-26)29(25-18-12-8-13-19-25)38(28)34(42)43-23-24-16-10-7-11-17-24/h7-21,27-30H,22-23H2,1-6H3,(H,37,41)/t27-,28-,29-,30+/m1/s1. The van der Waals surface area contributed by atoms with Crippen molar-refractivity contribution in [2.45, 2.75) is 90.0 Å². The monoisotopic (exact) mass is 630 g/mol. The van der Waals surface area contributed by atoms with Crippen molar-refractivity contribution >= 4 is 24.1 Å². The molecule has 0 aromatic heterocycles. The van der Waals surface area contributed by atoms with Crippen LogP contribution in [0.3, 0.4) is 0 Å². The number of hydrogen-bond acceptors (Lipinski definition) is 8. The molecule has 0 spiro atoms. The van der Waals surface area contributed by atoms with Gasteiger partial charge in [-0.1, -0.05) is 91.0 Å². The average Bonchev–Trinajstić information content (AvgIpc) is 2.99. The minimum Gasteiger partial charge on any atom is -0.458 e. The van der Waals surface area contributed by atoms with Crippen molar-refractivity contribution in [2.75, 3.05) is 0 Å². The van der Waals surface area contributed by atoms with E-state index in [0.717, 1.165) is 5.56 Å². The molecule has 10 heteroatoms. The molecule has 1 saturated heterocycles. The number of cyclic esters (lactones) is 1. The summed E-state index contributed by atoms with van der Waals surface area (Å²) in [5.41, 5.74) is 0.332. The molecule has 0 unspecified atom stereocenters. The van der Waals surface area contributed by atoms with Crippen molar-refractivity contribution in [3.8, 4) is 0 Å². The summed E-state index contributed by atoms with van der Waals surface area (Å²) >= 11 is 0. The summed E-state index contributed by atoms with van der Waals surface area (Å²) in [7, 11) is 0. The second-order valence-electron chi connectivity index (χ2n) is 13.1. The molecule has 0 radical (unpaired) electrons. The molecule has 4 atom stereocenters. The summed E-state index contributed by atoms with van der Waals surface area (Å²) in [6.45, 7) is 10.1. The molecule has 1 aliphatic rings. The number of ether oxygens (including phenoxy) is 4. The lowest BCUT2D eigenvalue weighted by atomic mass is 9.90. The number of carbonyl (C=O) groups excluding carboxylic acids is 4. The fourth-order valence-electron chi connectivity index (χ4n) is 5.10. The maximum absolute atomic E-state index is 14.1. The number of morpholine rings is 1. The fraction of sp³-hybridized carbons (Fsp3) is 0.389. The highest BCUT2D eigenvalue weighted by atomic mass is 16.6. The van der Waals surface area contributed by atoms with Crippen LogP contribution in [0.4, 0.5) is 9.59 Å². The number of nitrogens with one attached hydrogen (secondary N) is 1. The average molecular weight is 631 g/mol. The second kappa shape index (κ2) is 14.5. The summed E-state index contributed by atoms with van der Waals surface area (Å²) in [5, 5.41) is 2.56. The first kappa shape index (κ1) is 34.0. The first-order valence-electron chi connectivity index (χ1n) is 15.2. The summed E-state index contributed by atoms with van der Waals surface area (Å²) < 4.78 is 22.9. The van der Waals surface area contributed by atoms with Gasteiger partial charge in [-0.2, -0.15) is 0 Å². The normalized spacial score (nSPS) is 19.0. The zero-order chi connectivity index (χ0) is 33.5. The Morgan fingerprint density at radius 1 is 0.783 bits per heavy atom. The SMILES string of the molecule is CC(C)(C)OC(=O)N[C@H](C[C@@H]1C(=O)O[C@@H](c2ccccc2)[C@@H](c2ccccc2)N1C(=O)OCc1ccccc1)C(=O)OC(C)(C)C. The Labute approximate surface area is 270 Å². The van der Waals surface area contributed by atoms with Gasteiger partial charge in [-0.15, -0.1) is 0 Å². The predicted octanol–water partition coefficient (Wildman–Crippen LogP) is 6.66. The van der Waals surface area contributed by atoms with Gasteiger partial charge in [0, 0.05) is 6.42 Å². The Hall–Kier alpha value is -4.86. The summed E-state index contributed by atoms with van der Waals surface area (Å²) in [4.78, 5) is 55.8. The molecular formula is C36H42N2O8. The van der Waals surface area contributed by atoms with Crippen LogP contribution in [-0.4, -0.2) is 52.3 Å².